The molecule has 1 aliphatic heterocycles. The van der Waals surface area contributed by atoms with Gasteiger partial charge in [-0.2, -0.15) is 0 Å². The molecule has 2 heterocycles. The molecule has 2 N–H and O–H groups in total. The second-order valence-electron chi connectivity index (χ2n) is 8.12. The normalized spacial score (nSPS) is 20.3. The van der Waals surface area contributed by atoms with Crippen molar-refractivity contribution in [3.63, 3.8) is 0 Å². The van der Waals surface area contributed by atoms with Gasteiger partial charge in [0.1, 0.15) is 0 Å². The van der Waals surface area contributed by atoms with Crippen molar-refractivity contribution < 1.29 is 0 Å². The van der Waals surface area contributed by atoms with Crippen molar-refractivity contribution in [3.8, 4) is 0 Å². The summed E-state index contributed by atoms with van der Waals surface area (Å²) in [5, 5.41) is 3.70. The quantitative estimate of drug-likeness (QED) is 0.709. The van der Waals surface area contributed by atoms with Crippen molar-refractivity contribution in [1.82, 2.24) is 4.98 Å². The predicted molar refractivity (Wildman–Crippen MR) is 99.7 cm³/mol. The molecule has 0 saturated heterocycles. The van der Waals surface area contributed by atoms with Gasteiger partial charge in [-0.05, 0) is 41.7 Å². The Hall–Kier alpha value is -1.96. The molecule has 1 aromatic heterocycles. The average Bonchev–Trinajstić information content (AvgIpc) is 3.02. The Morgan fingerprint density at radius 2 is 1.78 bits per heavy atom. The van der Waals surface area contributed by atoms with E-state index < -0.39 is 0 Å². The number of hydrogen-bond acceptors (Lipinski definition) is 1. The smallest absolute Gasteiger partial charge is 0.0755 e. The van der Waals surface area contributed by atoms with Crippen molar-refractivity contribution in [2.24, 2.45) is 5.41 Å². The van der Waals surface area contributed by atoms with E-state index in [1.807, 2.05) is 0 Å². The molecule has 0 fully saturated rings. The molecule has 2 aromatic rings. The van der Waals surface area contributed by atoms with E-state index in [9.17, 15) is 0 Å². The third-order valence-corrected chi connectivity index (χ3v) is 5.05. The maximum Gasteiger partial charge on any atom is 0.0755 e. The van der Waals surface area contributed by atoms with Gasteiger partial charge in [-0.1, -0.05) is 58.9 Å². The highest BCUT2D eigenvalue weighted by Crippen LogP contribution is 2.48. The van der Waals surface area contributed by atoms with Gasteiger partial charge in [0.15, 0.2) is 0 Å². The van der Waals surface area contributed by atoms with Gasteiger partial charge in [0.2, 0.25) is 0 Å². The number of rotatable bonds is 2. The van der Waals surface area contributed by atoms with Gasteiger partial charge in [0.25, 0.3) is 0 Å². The summed E-state index contributed by atoms with van der Waals surface area (Å²) >= 11 is 0. The van der Waals surface area contributed by atoms with Crippen molar-refractivity contribution >= 4 is 11.3 Å². The number of nitrogens with one attached hydrogen (secondary N) is 2. The monoisotopic (exact) mass is 308 g/mol. The number of H-pyrrole nitrogens is 1. The van der Waals surface area contributed by atoms with Crippen molar-refractivity contribution in [2.45, 2.75) is 53.0 Å². The van der Waals surface area contributed by atoms with Gasteiger partial charge in [0.05, 0.1) is 6.04 Å². The van der Waals surface area contributed by atoms with Crippen LogP contribution in [0.5, 0.6) is 0 Å². The third-order valence-electron chi connectivity index (χ3n) is 5.05. The second-order valence-corrected chi connectivity index (χ2v) is 8.12. The predicted octanol–water partition coefficient (Wildman–Crippen LogP) is 5.91. The highest BCUT2D eigenvalue weighted by Gasteiger charge is 2.40. The molecule has 1 aliphatic rings. The van der Waals surface area contributed by atoms with Crippen LogP contribution in [0.15, 0.2) is 42.5 Å². The summed E-state index contributed by atoms with van der Waals surface area (Å²) in [7, 11) is 0. The van der Waals surface area contributed by atoms with E-state index in [0.29, 0.717) is 0 Å². The molecule has 1 unspecified atom stereocenters. The van der Waals surface area contributed by atoms with Gasteiger partial charge in [-0.15, -0.1) is 0 Å². The molecule has 0 aliphatic carbocycles. The molecule has 122 valence electrons. The maximum atomic E-state index is 3.70. The fourth-order valence-corrected chi connectivity index (χ4v) is 3.86. The number of aromatic nitrogens is 1. The molecule has 3 rings (SSSR count). The highest BCUT2D eigenvalue weighted by atomic mass is 15.0. The van der Waals surface area contributed by atoms with Crippen LogP contribution in [0, 0.1) is 5.41 Å². The number of anilines is 1. The van der Waals surface area contributed by atoms with E-state index in [0.717, 1.165) is 0 Å². The first-order valence-corrected chi connectivity index (χ1v) is 8.47. The number of para-hydroxylation sites is 1. The van der Waals surface area contributed by atoms with Crippen LogP contribution in [-0.4, -0.2) is 4.98 Å². The molecule has 1 aromatic carbocycles. The fraction of sp³-hybridized carbons (Fsp3) is 0.429. The molecular weight excluding hydrogens is 280 g/mol. The van der Waals surface area contributed by atoms with Crippen LogP contribution in [0.4, 0.5) is 5.69 Å². The standard InChI is InChI=1S/C21H28N2/c1-7-14(20(2,3)4)17-12-13-18(22-17)19-21(5,6)15-10-8-9-11-16(15)23-19/h7-13,19,22-23H,1-6H3/b14-7+. The number of fused-ring (bicyclic) bond motifs is 1. The number of aromatic amines is 1. The fourth-order valence-electron chi connectivity index (χ4n) is 3.86. The van der Waals surface area contributed by atoms with Crippen LogP contribution in [0.1, 0.15) is 64.5 Å². The van der Waals surface area contributed by atoms with Crippen molar-refractivity contribution in [3.05, 3.63) is 59.4 Å². The lowest BCUT2D eigenvalue weighted by atomic mass is 9.79. The van der Waals surface area contributed by atoms with Crippen LogP contribution in [0.3, 0.4) is 0 Å². The summed E-state index contributed by atoms with van der Waals surface area (Å²) in [4.78, 5) is 3.67. The Labute approximate surface area is 140 Å². The zero-order chi connectivity index (χ0) is 16.8. The van der Waals surface area contributed by atoms with Gasteiger partial charge in [-0.25, -0.2) is 0 Å². The molecule has 2 nitrogen and oxygen atoms in total. The minimum atomic E-state index is 0.0660. The SMILES string of the molecule is C/C=C(\c1ccc(C2Nc3ccccc3C2(C)C)[nH]1)C(C)(C)C. The minimum Gasteiger partial charge on any atom is -0.376 e. The summed E-state index contributed by atoms with van der Waals surface area (Å²) in [5.74, 6) is 0. The van der Waals surface area contributed by atoms with Crippen LogP contribution in [0.2, 0.25) is 0 Å². The molecule has 1 atom stereocenters. The second kappa shape index (κ2) is 5.30. The van der Waals surface area contributed by atoms with Crippen LogP contribution >= 0.6 is 0 Å². The number of benzene rings is 1. The summed E-state index contributed by atoms with van der Waals surface area (Å²) in [6.45, 7) is 13.5. The lowest BCUT2D eigenvalue weighted by molar-refractivity contribution is 0.467. The summed E-state index contributed by atoms with van der Waals surface area (Å²) < 4.78 is 0. The Bertz CT molecular complexity index is 741. The molecule has 0 radical (unpaired) electrons. The van der Waals surface area contributed by atoms with Crippen LogP contribution in [-0.2, 0) is 5.41 Å². The molecule has 0 bridgehead atoms. The molecule has 0 spiro atoms. The molecular formula is C21H28N2. The van der Waals surface area contributed by atoms with E-state index in [1.165, 1.54) is 28.2 Å². The first-order valence-electron chi connectivity index (χ1n) is 8.47. The molecule has 0 amide bonds. The van der Waals surface area contributed by atoms with Crippen LogP contribution in [0.25, 0.3) is 5.57 Å². The Balaban J connectivity index is 1.97. The number of hydrogen-bond donors (Lipinski definition) is 2. The number of allylic oxidation sites excluding steroid dienone is 2. The minimum absolute atomic E-state index is 0.0660. The van der Waals surface area contributed by atoms with E-state index in [4.69, 9.17) is 0 Å². The topological polar surface area (TPSA) is 27.8 Å². The lowest BCUT2D eigenvalue weighted by Crippen LogP contribution is -2.25. The summed E-state index contributed by atoms with van der Waals surface area (Å²) in [5.41, 5.74) is 6.68. The van der Waals surface area contributed by atoms with E-state index in [-0.39, 0.29) is 16.9 Å². The van der Waals surface area contributed by atoms with E-state index in [2.05, 4.69) is 94.3 Å². The van der Waals surface area contributed by atoms with Crippen LogP contribution < -0.4 is 5.32 Å². The van der Waals surface area contributed by atoms with E-state index >= 15 is 0 Å². The lowest BCUT2D eigenvalue weighted by Gasteiger charge is -2.27. The van der Waals surface area contributed by atoms with Gasteiger partial charge in [0, 0.05) is 22.5 Å². The largest absolute Gasteiger partial charge is 0.376 e. The van der Waals surface area contributed by atoms with Gasteiger partial charge < -0.3 is 10.3 Å². The maximum absolute atomic E-state index is 3.70. The Morgan fingerprint density at radius 3 is 2.39 bits per heavy atom. The first-order chi connectivity index (χ1) is 10.7. The molecule has 2 heteroatoms. The third kappa shape index (κ3) is 2.60. The summed E-state index contributed by atoms with van der Waals surface area (Å²) in [6.07, 6.45) is 2.22. The van der Waals surface area contributed by atoms with E-state index in [1.54, 1.807) is 0 Å². The van der Waals surface area contributed by atoms with Crippen molar-refractivity contribution in [1.29, 1.82) is 0 Å². The highest BCUT2D eigenvalue weighted by molar-refractivity contribution is 5.68. The summed E-state index contributed by atoms with van der Waals surface area (Å²) in [6, 6.07) is 13.4. The first kappa shape index (κ1) is 15.9. The van der Waals surface area contributed by atoms with Gasteiger partial charge >= 0.3 is 0 Å². The van der Waals surface area contributed by atoms with Crippen molar-refractivity contribution in [2.75, 3.05) is 5.32 Å². The Morgan fingerprint density at radius 1 is 1.09 bits per heavy atom. The zero-order valence-electron chi connectivity index (χ0n) is 15.1. The van der Waals surface area contributed by atoms with Gasteiger partial charge in [-0.3, -0.25) is 0 Å². The molecule has 0 saturated carbocycles. The molecule has 23 heavy (non-hydrogen) atoms. The zero-order valence-corrected chi connectivity index (χ0v) is 15.1. The average molecular weight is 308 g/mol. The Kier molecular flexibility index (Phi) is 3.66.